The molecule has 1 aliphatic carbocycles. The van der Waals surface area contributed by atoms with Crippen LogP contribution < -0.4 is 0 Å². The van der Waals surface area contributed by atoms with Crippen LogP contribution >= 0.6 is 0 Å². The van der Waals surface area contributed by atoms with Crippen molar-refractivity contribution in [2.75, 3.05) is 7.11 Å². The van der Waals surface area contributed by atoms with Crippen molar-refractivity contribution in [2.24, 2.45) is 11.8 Å². The van der Waals surface area contributed by atoms with Gasteiger partial charge in [-0.2, -0.15) is 0 Å². The molecule has 1 aromatic rings. The van der Waals surface area contributed by atoms with E-state index in [0.29, 0.717) is 12.2 Å². The number of carbonyl (C=O) groups is 1. The molecule has 0 unspecified atom stereocenters. The third-order valence-corrected chi connectivity index (χ3v) is 5.27. The molecule has 0 N–H and O–H groups in total. The van der Waals surface area contributed by atoms with Gasteiger partial charge in [0, 0.05) is 19.4 Å². The van der Waals surface area contributed by atoms with E-state index in [9.17, 15) is 4.79 Å². The van der Waals surface area contributed by atoms with Crippen molar-refractivity contribution in [3.8, 4) is 0 Å². The monoisotopic (exact) mass is 302 g/mol. The molecule has 0 bridgehead atoms. The summed E-state index contributed by atoms with van der Waals surface area (Å²) < 4.78 is 5.79. The van der Waals surface area contributed by atoms with E-state index >= 15 is 0 Å². The summed E-state index contributed by atoms with van der Waals surface area (Å²) in [7, 11) is 1.78. The second kappa shape index (κ2) is 7.92. The molecule has 0 heterocycles. The van der Waals surface area contributed by atoms with Gasteiger partial charge in [-0.15, -0.1) is 0 Å². The third kappa shape index (κ3) is 4.67. The van der Waals surface area contributed by atoms with Crippen LogP contribution in [0.1, 0.15) is 57.9 Å². The van der Waals surface area contributed by atoms with Gasteiger partial charge in [-0.3, -0.25) is 4.79 Å². The average molecular weight is 302 g/mol. The predicted molar refractivity (Wildman–Crippen MR) is 90.9 cm³/mol. The van der Waals surface area contributed by atoms with Crippen molar-refractivity contribution in [3.63, 3.8) is 0 Å². The van der Waals surface area contributed by atoms with Crippen molar-refractivity contribution in [1.82, 2.24) is 0 Å². The maximum absolute atomic E-state index is 12.1. The number of aryl methyl sites for hydroxylation is 1. The maximum atomic E-state index is 12.1. The smallest absolute Gasteiger partial charge is 0.138 e. The van der Waals surface area contributed by atoms with Crippen molar-refractivity contribution in [1.29, 1.82) is 0 Å². The Bertz CT molecular complexity index is 456. The molecular weight excluding hydrogens is 272 g/mol. The summed E-state index contributed by atoms with van der Waals surface area (Å²) in [5, 5.41) is 0. The molecule has 122 valence electrons. The van der Waals surface area contributed by atoms with Crippen LogP contribution in [-0.2, 0) is 16.0 Å². The van der Waals surface area contributed by atoms with Crippen molar-refractivity contribution in [2.45, 2.75) is 64.4 Å². The van der Waals surface area contributed by atoms with Gasteiger partial charge >= 0.3 is 0 Å². The second-order valence-electron chi connectivity index (χ2n) is 7.15. The van der Waals surface area contributed by atoms with E-state index in [1.807, 2.05) is 13.8 Å². The highest BCUT2D eigenvalue weighted by atomic mass is 16.5. The van der Waals surface area contributed by atoms with E-state index in [1.165, 1.54) is 24.8 Å². The van der Waals surface area contributed by atoms with E-state index in [2.05, 4.69) is 30.3 Å². The minimum absolute atomic E-state index is 0.114. The molecule has 1 fully saturated rings. The highest BCUT2D eigenvalue weighted by molar-refractivity contribution is 5.81. The molecule has 0 saturated heterocycles. The molecule has 0 aliphatic heterocycles. The number of hydrogen-bond acceptors (Lipinski definition) is 2. The van der Waals surface area contributed by atoms with Crippen LogP contribution in [0.2, 0.25) is 0 Å². The van der Waals surface area contributed by atoms with Gasteiger partial charge < -0.3 is 4.74 Å². The molecule has 2 rings (SSSR count). The first-order valence-corrected chi connectivity index (χ1v) is 8.66. The summed E-state index contributed by atoms with van der Waals surface area (Å²) in [6, 6.07) is 10.7. The lowest BCUT2D eigenvalue weighted by molar-refractivity contribution is -0.131. The summed E-state index contributed by atoms with van der Waals surface area (Å²) in [5.74, 6) is 1.23. The van der Waals surface area contributed by atoms with Gasteiger partial charge in [-0.05, 0) is 50.0 Å². The van der Waals surface area contributed by atoms with Gasteiger partial charge in [0.15, 0.2) is 0 Å². The summed E-state index contributed by atoms with van der Waals surface area (Å²) in [6.07, 6.45) is 7.44. The third-order valence-electron chi connectivity index (χ3n) is 5.27. The first-order valence-electron chi connectivity index (χ1n) is 8.66. The number of Topliss-reactive ketones (excluding diaryl/α,β-unsaturated/α-hetero) is 1. The maximum Gasteiger partial charge on any atom is 0.138 e. The molecule has 0 atom stereocenters. The van der Waals surface area contributed by atoms with Crippen LogP contribution in [0.15, 0.2) is 30.3 Å². The topological polar surface area (TPSA) is 26.3 Å². The minimum Gasteiger partial charge on any atom is -0.378 e. The second-order valence-corrected chi connectivity index (χ2v) is 7.15. The fourth-order valence-corrected chi connectivity index (χ4v) is 3.48. The first kappa shape index (κ1) is 17.2. The Balaban J connectivity index is 1.82. The Labute approximate surface area is 135 Å². The number of methoxy groups -OCH3 is 1. The Hall–Kier alpha value is -1.15. The minimum atomic E-state index is -0.190. The van der Waals surface area contributed by atoms with E-state index in [-0.39, 0.29) is 11.5 Å². The van der Waals surface area contributed by atoms with Gasteiger partial charge in [-0.25, -0.2) is 0 Å². The number of ketones is 1. The molecule has 0 aromatic heterocycles. The molecule has 0 amide bonds. The average Bonchev–Trinajstić information content (AvgIpc) is 2.55. The SMILES string of the molecule is COC1(CC(=O)C(C)C)CCC(CCc2ccccc2)CC1. The zero-order valence-electron chi connectivity index (χ0n) is 14.3. The Morgan fingerprint density at radius 3 is 2.41 bits per heavy atom. The van der Waals surface area contributed by atoms with E-state index in [1.54, 1.807) is 7.11 Å². The van der Waals surface area contributed by atoms with Crippen LogP contribution in [0.3, 0.4) is 0 Å². The quantitative estimate of drug-likeness (QED) is 0.722. The van der Waals surface area contributed by atoms with E-state index in [0.717, 1.165) is 25.2 Å². The predicted octanol–water partition coefficient (Wildman–Crippen LogP) is 4.81. The first-order chi connectivity index (χ1) is 10.5. The van der Waals surface area contributed by atoms with Crippen LogP contribution in [0, 0.1) is 11.8 Å². The lowest BCUT2D eigenvalue weighted by Gasteiger charge is -2.39. The van der Waals surface area contributed by atoms with Crippen LogP contribution in [0.4, 0.5) is 0 Å². The molecule has 2 nitrogen and oxygen atoms in total. The summed E-state index contributed by atoms with van der Waals surface area (Å²) in [4.78, 5) is 12.1. The van der Waals surface area contributed by atoms with Gasteiger partial charge in [-0.1, -0.05) is 44.2 Å². The zero-order chi connectivity index (χ0) is 16.0. The molecule has 1 aliphatic rings. The molecule has 2 heteroatoms. The van der Waals surface area contributed by atoms with Gasteiger partial charge in [0.05, 0.1) is 5.60 Å². The lowest BCUT2D eigenvalue weighted by Crippen LogP contribution is -2.39. The van der Waals surface area contributed by atoms with Crippen molar-refractivity contribution < 1.29 is 9.53 Å². The normalized spacial score (nSPS) is 25.4. The molecule has 0 radical (unpaired) electrons. The van der Waals surface area contributed by atoms with Gasteiger partial charge in [0.2, 0.25) is 0 Å². The highest BCUT2D eigenvalue weighted by Crippen LogP contribution is 2.39. The van der Waals surface area contributed by atoms with Crippen molar-refractivity contribution in [3.05, 3.63) is 35.9 Å². The number of rotatable bonds is 7. The lowest BCUT2D eigenvalue weighted by atomic mass is 9.74. The number of benzene rings is 1. The number of ether oxygens (including phenoxy) is 1. The Morgan fingerprint density at radius 1 is 1.23 bits per heavy atom. The molecule has 22 heavy (non-hydrogen) atoms. The highest BCUT2D eigenvalue weighted by Gasteiger charge is 2.37. The number of hydrogen-bond donors (Lipinski definition) is 0. The van der Waals surface area contributed by atoms with E-state index in [4.69, 9.17) is 4.74 Å². The molecule has 1 saturated carbocycles. The fraction of sp³-hybridized carbons (Fsp3) is 0.650. The summed E-state index contributed by atoms with van der Waals surface area (Å²) in [5.41, 5.74) is 1.24. The summed E-state index contributed by atoms with van der Waals surface area (Å²) in [6.45, 7) is 3.97. The van der Waals surface area contributed by atoms with Crippen molar-refractivity contribution >= 4 is 5.78 Å². The Morgan fingerprint density at radius 2 is 1.86 bits per heavy atom. The van der Waals surface area contributed by atoms with Crippen LogP contribution in [-0.4, -0.2) is 18.5 Å². The summed E-state index contributed by atoms with van der Waals surface area (Å²) >= 11 is 0. The molecular formula is C20H30O2. The van der Waals surface area contributed by atoms with Crippen LogP contribution in [0.25, 0.3) is 0 Å². The molecule has 1 aromatic carbocycles. The standard InChI is InChI=1S/C20H30O2/c1-16(2)19(21)15-20(22-3)13-11-18(12-14-20)10-9-17-7-5-4-6-8-17/h4-8,16,18H,9-15H2,1-3H3. The Kier molecular flexibility index (Phi) is 6.19. The van der Waals surface area contributed by atoms with Gasteiger partial charge in [0.1, 0.15) is 5.78 Å². The molecule has 0 spiro atoms. The largest absolute Gasteiger partial charge is 0.378 e. The fourth-order valence-electron chi connectivity index (χ4n) is 3.48. The zero-order valence-corrected chi connectivity index (χ0v) is 14.3. The van der Waals surface area contributed by atoms with E-state index < -0.39 is 0 Å². The number of carbonyl (C=O) groups excluding carboxylic acids is 1. The van der Waals surface area contributed by atoms with Gasteiger partial charge in [0.25, 0.3) is 0 Å². The van der Waals surface area contributed by atoms with Crippen LogP contribution in [0.5, 0.6) is 0 Å².